The van der Waals surface area contributed by atoms with Crippen molar-refractivity contribution in [1.29, 1.82) is 0 Å². The summed E-state index contributed by atoms with van der Waals surface area (Å²) >= 11 is 1.84. The number of aryl methyl sites for hydroxylation is 1. The van der Waals surface area contributed by atoms with Gasteiger partial charge in [-0.1, -0.05) is 6.07 Å². The summed E-state index contributed by atoms with van der Waals surface area (Å²) in [5, 5.41) is 11.1. The van der Waals surface area contributed by atoms with Gasteiger partial charge in [0.25, 0.3) is 0 Å². The number of nitrogens with one attached hydrogen (secondary N) is 3. The number of fused-ring (bicyclic) bond motifs is 1. The molecule has 5 nitrogen and oxygen atoms in total. The summed E-state index contributed by atoms with van der Waals surface area (Å²) in [6, 6.07) is 14.5. The number of thiophene rings is 1. The van der Waals surface area contributed by atoms with Gasteiger partial charge in [-0.25, -0.2) is 4.98 Å². The number of amides is 1. The fourth-order valence-corrected chi connectivity index (χ4v) is 8.33. The smallest absolute Gasteiger partial charge is 0.224 e. The monoisotopic (exact) mass is 488 g/mol. The van der Waals surface area contributed by atoms with Crippen LogP contribution in [0.15, 0.2) is 42.5 Å². The van der Waals surface area contributed by atoms with E-state index in [4.69, 9.17) is 4.98 Å². The molecule has 4 bridgehead atoms. The quantitative estimate of drug-likeness (QED) is 0.307. The predicted octanol–water partition coefficient (Wildman–Crippen LogP) is 6.35. The van der Waals surface area contributed by atoms with Gasteiger partial charge in [0.05, 0.1) is 11.2 Å². The van der Waals surface area contributed by atoms with Gasteiger partial charge in [-0.3, -0.25) is 4.79 Å². The largest absolute Gasteiger partial charge is 0.369 e. The first-order valence-corrected chi connectivity index (χ1v) is 14.0. The third kappa shape index (κ3) is 5.10. The van der Waals surface area contributed by atoms with Gasteiger partial charge < -0.3 is 16.0 Å². The van der Waals surface area contributed by atoms with Gasteiger partial charge in [0.15, 0.2) is 0 Å². The number of rotatable bonds is 9. The standard InChI is InChI=1S/C29H36N4OS/c1-19-5-6-23(35-19)18-30-9-10-31-27-8-7-24-25(32-27)3-2-4-26(24)33-28(34)17-29-14-20-11-21(15-29)13-22(12-20)16-29/h2-8,20-22,30H,9-18H2,1H3,(H,31,32)(H,33,34). The van der Waals surface area contributed by atoms with E-state index in [-0.39, 0.29) is 11.3 Å². The van der Waals surface area contributed by atoms with Crippen LogP contribution >= 0.6 is 11.3 Å². The Balaban J connectivity index is 1.05. The molecule has 4 aliphatic carbocycles. The molecule has 0 unspecified atom stereocenters. The van der Waals surface area contributed by atoms with Crippen LogP contribution in [0.1, 0.15) is 54.7 Å². The average molecular weight is 489 g/mol. The molecule has 0 atom stereocenters. The second kappa shape index (κ2) is 9.55. The molecule has 2 aromatic heterocycles. The van der Waals surface area contributed by atoms with Crippen molar-refractivity contribution in [1.82, 2.24) is 10.3 Å². The lowest BCUT2D eigenvalue weighted by molar-refractivity contribution is -0.124. The fraction of sp³-hybridized carbons (Fsp3) is 0.517. The lowest BCUT2D eigenvalue weighted by Gasteiger charge is -2.56. The maximum Gasteiger partial charge on any atom is 0.224 e. The Kier molecular flexibility index (Phi) is 6.27. The normalized spacial score (nSPS) is 26.8. The maximum absolute atomic E-state index is 13.2. The van der Waals surface area contributed by atoms with Crippen LogP contribution in [0.5, 0.6) is 0 Å². The van der Waals surface area contributed by atoms with E-state index in [2.05, 4.69) is 41.1 Å². The van der Waals surface area contributed by atoms with Crippen LogP contribution in [-0.2, 0) is 11.3 Å². The van der Waals surface area contributed by atoms with Crippen molar-refractivity contribution in [3.8, 4) is 0 Å². The molecule has 1 aromatic carbocycles. The number of hydrogen-bond donors (Lipinski definition) is 3. The molecule has 4 aliphatic rings. The number of carbonyl (C=O) groups excluding carboxylic acids is 1. The van der Waals surface area contributed by atoms with Gasteiger partial charge in [0, 0.05) is 41.2 Å². The lowest BCUT2D eigenvalue weighted by atomic mass is 9.49. The van der Waals surface area contributed by atoms with Gasteiger partial charge in [-0.15, -0.1) is 11.3 Å². The van der Waals surface area contributed by atoms with Crippen LogP contribution in [0.3, 0.4) is 0 Å². The Labute approximate surface area is 212 Å². The average Bonchev–Trinajstić information content (AvgIpc) is 3.22. The predicted molar refractivity (Wildman–Crippen MR) is 145 cm³/mol. The van der Waals surface area contributed by atoms with E-state index >= 15 is 0 Å². The van der Waals surface area contributed by atoms with Gasteiger partial charge in [-0.05, 0) is 105 Å². The molecule has 7 rings (SSSR count). The molecule has 1 amide bonds. The van der Waals surface area contributed by atoms with Crippen LogP contribution in [0.4, 0.5) is 11.5 Å². The van der Waals surface area contributed by atoms with E-state index in [0.29, 0.717) is 6.42 Å². The molecule has 3 N–H and O–H groups in total. The SMILES string of the molecule is Cc1ccc(CNCCNc2ccc3c(NC(=O)CC45CC6CC(CC(C6)C4)C5)cccc3n2)s1. The summed E-state index contributed by atoms with van der Waals surface area (Å²) in [6.45, 7) is 4.72. The number of nitrogens with zero attached hydrogens (tertiary/aromatic N) is 1. The third-order valence-electron chi connectivity index (χ3n) is 8.41. The van der Waals surface area contributed by atoms with E-state index < -0.39 is 0 Å². The zero-order valence-electron chi connectivity index (χ0n) is 20.6. The van der Waals surface area contributed by atoms with Gasteiger partial charge in [0.1, 0.15) is 5.82 Å². The number of carbonyl (C=O) groups is 1. The second-order valence-corrected chi connectivity index (χ2v) is 12.7. The van der Waals surface area contributed by atoms with Gasteiger partial charge in [0.2, 0.25) is 5.91 Å². The third-order valence-corrected chi connectivity index (χ3v) is 9.41. The minimum Gasteiger partial charge on any atom is -0.369 e. The van der Waals surface area contributed by atoms with Crippen molar-refractivity contribution < 1.29 is 4.79 Å². The first-order valence-electron chi connectivity index (χ1n) is 13.2. The number of anilines is 2. The molecule has 3 aromatic rings. The van der Waals surface area contributed by atoms with Crippen molar-refractivity contribution in [3.05, 3.63) is 52.2 Å². The second-order valence-electron chi connectivity index (χ2n) is 11.3. The molecular weight excluding hydrogens is 452 g/mol. The first kappa shape index (κ1) is 23.0. The molecule has 0 radical (unpaired) electrons. The molecular formula is C29H36N4OS. The van der Waals surface area contributed by atoms with E-state index in [1.54, 1.807) is 0 Å². The van der Waals surface area contributed by atoms with Crippen molar-refractivity contribution in [2.24, 2.45) is 23.2 Å². The highest BCUT2D eigenvalue weighted by Crippen LogP contribution is 2.61. The van der Waals surface area contributed by atoms with Crippen LogP contribution in [0.25, 0.3) is 10.9 Å². The molecule has 4 fully saturated rings. The van der Waals surface area contributed by atoms with Crippen LogP contribution in [0.2, 0.25) is 0 Å². The van der Waals surface area contributed by atoms with E-state index in [1.807, 2.05) is 35.6 Å². The molecule has 0 saturated heterocycles. The Bertz CT molecular complexity index is 1180. The van der Waals surface area contributed by atoms with Crippen LogP contribution in [-0.4, -0.2) is 24.0 Å². The minimum atomic E-state index is 0.175. The van der Waals surface area contributed by atoms with E-state index in [9.17, 15) is 4.79 Å². The van der Waals surface area contributed by atoms with Gasteiger partial charge >= 0.3 is 0 Å². The topological polar surface area (TPSA) is 66.0 Å². The number of aromatic nitrogens is 1. The van der Waals surface area contributed by atoms with Crippen molar-refractivity contribution in [2.45, 2.75) is 58.4 Å². The number of hydrogen-bond acceptors (Lipinski definition) is 5. The zero-order chi connectivity index (χ0) is 23.8. The number of benzene rings is 1. The highest BCUT2D eigenvalue weighted by atomic mass is 32.1. The summed E-state index contributed by atoms with van der Waals surface area (Å²) in [7, 11) is 0. The summed E-state index contributed by atoms with van der Waals surface area (Å²) in [5.41, 5.74) is 2.04. The lowest BCUT2D eigenvalue weighted by Crippen LogP contribution is -2.47. The Morgan fingerprint density at radius 1 is 1.00 bits per heavy atom. The van der Waals surface area contributed by atoms with Gasteiger partial charge in [-0.2, -0.15) is 0 Å². The van der Waals surface area contributed by atoms with Crippen LogP contribution in [0, 0.1) is 30.1 Å². The molecule has 0 aliphatic heterocycles. The zero-order valence-corrected chi connectivity index (χ0v) is 21.4. The Hall–Kier alpha value is -2.44. The minimum absolute atomic E-state index is 0.175. The molecule has 35 heavy (non-hydrogen) atoms. The molecule has 2 heterocycles. The van der Waals surface area contributed by atoms with Crippen molar-refractivity contribution in [2.75, 3.05) is 23.7 Å². The summed E-state index contributed by atoms with van der Waals surface area (Å²) in [5.74, 6) is 3.66. The molecule has 0 spiro atoms. The highest BCUT2D eigenvalue weighted by Gasteiger charge is 2.51. The summed E-state index contributed by atoms with van der Waals surface area (Å²) in [4.78, 5) is 20.7. The van der Waals surface area contributed by atoms with Crippen LogP contribution < -0.4 is 16.0 Å². The molecule has 184 valence electrons. The Morgan fingerprint density at radius 3 is 2.49 bits per heavy atom. The Morgan fingerprint density at radius 2 is 1.77 bits per heavy atom. The first-order chi connectivity index (χ1) is 17.0. The molecule has 4 saturated carbocycles. The van der Waals surface area contributed by atoms with Crippen molar-refractivity contribution in [3.63, 3.8) is 0 Å². The van der Waals surface area contributed by atoms with E-state index in [0.717, 1.165) is 59.8 Å². The number of pyridine rings is 1. The maximum atomic E-state index is 13.2. The van der Waals surface area contributed by atoms with E-state index in [1.165, 1.54) is 48.3 Å². The van der Waals surface area contributed by atoms with Crippen molar-refractivity contribution >= 4 is 39.7 Å². The fourth-order valence-electron chi connectivity index (χ4n) is 7.47. The summed E-state index contributed by atoms with van der Waals surface area (Å²) < 4.78 is 0. The highest BCUT2D eigenvalue weighted by molar-refractivity contribution is 7.11. The summed E-state index contributed by atoms with van der Waals surface area (Å²) in [6.07, 6.45) is 8.71. The molecule has 6 heteroatoms.